The van der Waals surface area contributed by atoms with E-state index in [1.807, 2.05) is 0 Å². The van der Waals surface area contributed by atoms with E-state index in [0.29, 0.717) is 13.0 Å². The van der Waals surface area contributed by atoms with Crippen molar-refractivity contribution in [3.63, 3.8) is 0 Å². The first kappa shape index (κ1) is 20.5. The highest BCUT2D eigenvalue weighted by molar-refractivity contribution is 7.91. The van der Waals surface area contributed by atoms with Crippen molar-refractivity contribution in [2.75, 3.05) is 31.1 Å². The Kier molecular flexibility index (Phi) is 7.77. The van der Waals surface area contributed by atoms with Crippen LogP contribution in [0.15, 0.2) is 4.99 Å². The fourth-order valence-corrected chi connectivity index (χ4v) is 3.81. The van der Waals surface area contributed by atoms with Crippen molar-refractivity contribution < 1.29 is 26.4 Å². The van der Waals surface area contributed by atoms with Crippen LogP contribution in [0.4, 0.5) is 13.2 Å². The normalized spacial score (nSPS) is 20.7. The van der Waals surface area contributed by atoms with Gasteiger partial charge in [-0.3, -0.25) is 9.79 Å². The summed E-state index contributed by atoms with van der Waals surface area (Å²) in [6, 6.07) is -0.365. The van der Waals surface area contributed by atoms with Gasteiger partial charge in [-0.1, -0.05) is 0 Å². The molecular formula is C13H23F3N4O3S. The highest BCUT2D eigenvalue weighted by atomic mass is 32.2. The summed E-state index contributed by atoms with van der Waals surface area (Å²) in [5.41, 5.74) is 0. The number of rotatable bonds is 7. The van der Waals surface area contributed by atoms with Crippen LogP contribution in [0.5, 0.6) is 0 Å². The minimum Gasteiger partial charge on any atom is -0.357 e. The van der Waals surface area contributed by atoms with E-state index in [4.69, 9.17) is 0 Å². The van der Waals surface area contributed by atoms with Gasteiger partial charge >= 0.3 is 6.18 Å². The van der Waals surface area contributed by atoms with Crippen LogP contribution >= 0.6 is 0 Å². The number of carbonyl (C=O) groups is 1. The summed E-state index contributed by atoms with van der Waals surface area (Å²) in [6.45, 7) is 2.03. The van der Waals surface area contributed by atoms with Gasteiger partial charge in [-0.2, -0.15) is 13.2 Å². The molecule has 1 unspecified atom stereocenters. The van der Waals surface area contributed by atoms with Crippen LogP contribution in [-0.4, -0.2) is 63.6 Å². The summed E-state index contributed by atoms with van der Waals surface area (Å²) in [5, 5.41) is 8.19. The van der Waals surface area contributed by atoms with Gasteiger partial charge in [-0.25, -0.2) is 8.42 Å². The molecule has 0 bridgehead atoms. The Labute approximate surface area is 139 Å². The minimum absolute atomic E-state index is 0.0479. The van der Waals surface area contributed by atoms with Gasteiger partial charge in [-0.05, 0) is 13.3 Å². The lowest BCUT2D eigenvalue weighted by Gasteiger charge is -2.13. The fourth-order valence-electron chi connectivity index (χ4n) is 2.14. The van der Waals surface area contributed by atoms with Crippen LogP contribution in [-0.2, 0) is 14.6 Å². The van der Waals surface area contributed by atoms with Gasteiger partial charge in [0.05, 0.1) is 24.5 Å². The monoisotopic (exact) mass is 372 g/mol. The second-order valence-corrected chi connectivity index (χ2v) is 7.70. The fraction of sp³-hybridized carbons (Fsp3) is 0.846. The molecule has 1 heterocycles. The van der Waals surface area contributed by atoms with Crippen LogP contribution < -0.4 is 16.0 Å². The number of carbonyl (C=O) groups excluding carboxylic acids is 1. The first-order valence-corrected chi connectivity index (χ1v) is 9.52. The average Bonchev–Trinajstić information content (AvgIpc) is 2.76. The number of alkyl halides is 3. The third-order valence-electron chi connectivity index (χ3n) is 3.25. The quantitative estimate of drug-likeness (QED) is 0.438. The summed E-state index contributed by atoms with van der Waals surface area (Å²) >= 11 is 0. The van der Waals surface area contributed by atoms with Crippen LogP contribution in [0, 0.1) is 0 Å². The second-order valence-electron chi connectivity index (χ2n) is 5.47. The Morgan fingerprint density at radius 2 is 2.00 bits per heavy atom. The molecule has 0 spiro atoms. The van der Waals surface area contributed by atoms with Crippen molar-refractivity contribution in [3.05, 3.63) is 0 Å². The van der Waals surface area contributed by atoms with Gasteiger partial charge in [0.1, 0.15) is 0 Å². The number of aliphatic imine (C=N–C) groups is 1. The third-order valence-corrected chi connectivity index (χ3v) is 5.02. The SMILES string of the molecule is CCNC(=NCCC(F)(F)F)NCCC(=O)NC1CCS(=O)(=O)C1. The molecular weight excluding hydrogens is 349 g/mol. The Hall–Kier alpha value is -1.52. The Balaban J connectivity index is 2.31. The van der Waals surface area contributed by atoms with Crippen molar-refractivity contribution in [2.24, 2.45) is 4.99 Å². The molecule has 1 fully saturated rings. The molecule has 140 valence electrons. The maximum absolute atomic E-state index is 12.1. The van der Waals surface area contributed by atoms with E-state index < -0.39 is 29.0 Å². The van der Waals surface area contributed by atoms with Gasteiger partial charge in [0.25, 0.3) is 0 Å². The number of amides is 1. The minimum atomic E-state index is -4.26. The van der Waals surface area contributed by atoms with E-state index in [-0.39, 0.29) is 42.4 Å². The Morgan fingerprint density at radius 3 is 2.54 bits per heavy atom. The van der Waals surface area contributed by atoms with E-state index in [1.54, 1.807) is 6.92 Å². The molecule has 3 N–H and O–H groups in total. The lowest BCUT2D eigenvalue weighted by molar-refractivity contribution is -0.132. The molecule has 0 aliphatic carbocycles. The zero-order chi connectivity index (χ0) is 18.2. The molecule has 0 aromatic rings. The standard InChI is InChI=1S/C13H23F3N4O3S/c1-2-17-12(19-7-5-13(14,15)16)18-6-3-11(21)20-10-4-8-24(22,23)9-10/h10H,2-9H2,1H3,(H,20,21)(H2,17,18,19). The van der Waals surface area contributed by atoms with Crippen LogP contribution in [0.3, 0.4) is 0 Å². The average molecular weight is 372 g/mol. The van der Waals surface area contributed by atoms with Crippen molar-refractivity contribution in [1.82, 2.24) is 16.0 Å². The van der Waals surface area contributed by atoms with Crippen molar-refractivity contribution >= 4 is 21.7 Å². The Morgan fingerprint density at radius 1 is 1.29 bits per heavy atom. The number of halogens is 3. The largest absolute Gasteiger partial charge is 0.390 e. The maximum atomic E-state index is 12.1. The van der Waals surface area contributed by atoms with E-state index in [9.17, 15) is 26.4 Å². The predicted octanol–water partition coefficient (Wildman–Crippen LogP) is 0.187. The molecule has 1 saturated heterocycles. The van der Waals surface area contributed by atoms with Crippen molar-refractivity contribution in [2.45, 2.75) is 38.4 Å². The molecule has 1 aliphatic heterocycles. The number of nitrogens with one attached hydrogen (secondary N) is 3. The van der Waals surface area contributed by atoms with Gasteiger partial charge in [0.15, 0.2) is 15.8 Å². The number of hydrogen-bond acceptors (Lipinski definition) is 4. The summed E-state index contributed by atoms with van der Waals surface area (Å²) < 4.78 is 58.9. The lowest BCUT2D eigenvalue weighted by Crippen LogP contribution is -2.41. The van der Waals surface area contributed by atoms with E-state index >= 15 is 0 Å². The Bertz CT molecular complexity index is 549. The molecule has 0 saturated carbocycles. The third kappa shape index (κ3) is 8.94. The van der Waals surface area contributed by atoms with E-state index in [1.165, 1.54) is 0 Å². The number of hydrogen-bond donors (Lipinski definition) is 3. The van der Waals surface area contributed by atoms with E-state index in [0.717, 1.165) is 0 Å². The highest BCUT2D eigenvalue weighted by Gasteiger charge is 2.28. The molecule has 1 amide bonds. The summed E-state index contributed by atoms with van der Waals surface area (Å²) in [6.07, 6.45) is -4.80. The van der Waals surface area contributed by atoms with Gasteiger partial charge in [0.2, 0.25) is 5.91 Å². The van der Waals surface area contributed by atoms with Crippen LogP contribution in [0.25, 0.3) is 0 Å². The van der Waals surface area contributed by atoms with Gasteiger partial charge in [-0.15, -0.1) is 0 Å². The molecule has 1 rings (SSSR count). The summed E-state index contributed by atoms with van der Waals surface area (Å²) in [7, 11) is -3.06. The zero-order valence-electron chi connectivity index (χ0n) is 13.4. The molecule has 0 aromatic heterocycles. The first-order chi connectivity index (χ1) is 11.1. The topological polar surface area (TPSA) is 99.7 Å². The first-order valence-electron chi connectivity index (χ1n) is 7.70. The zero-order valence-corrected chi connectivity index (χ0v) is 14.3. The molecule has 24 heavy (non-hydrogen) atoms. The molecule has 0 radical (unpaired) electrons. The number of guanidine groups is 1. The number of sulfone groups is 1. The summed E-state index contributed by atoms with van der Waals surface area (Å²) in [5.74, 6) is -0.0749. The molecule has 0 aromatic carbocycles. The van der Waals surface area contributed by atoms with Crippen molar-refractivity contribution in [3.8, 4) is 0 Å². The highest BCUT2D eigenvalue weighted by Crippen LogP contribution is 2.18. The predicted molar refractivity (Wildman–Crippen MR) is 84.5 cm³/mol. The second kappa shape index (κ2) is 9.09. The van der Waals surface area contributed by atoms with Gasteiger partial charge in [0, 0.05) is 25.6 Å². The van der Waals surface area contributed by atoms with Crippen molar-refractivity contribution in [1.29, 1.82) is 0 Å². The molecule has 1 atom stereocenters. The lowest BCUT2D eigenvalue weighted by atomic mass is 10.2. The van der Waals surface area contributed by atoms with Crippen LogP contribution in [0.1, 0.15) is 26.2 Å². The van der Waals surface area contributed by atoms with Crippen LogP contribution in [0.2, 0.25) is 0 Å². The van der Waals surface area contributed by atoms with E-state index in [2.05, 4.69) is 20.9 Å². The summed E-state index contributed by atoms with van der Waals surface area (Å²) in [4.78, 5) is 15.5. The number of nitrogens with zero attached hydrogens (tertiary/aromatic N) is 1. The smallest absolute Gasteiger partial charge is 0.357 e. The maximum Gasteiger partial charge on any atom is 0.390 e. The molecule has 11 heteroatoms. The molecule has 7 nitrogen and oxygen atoms in total. The molecule has 1 aliphatic rings. The van der Waals surface area contributed by atoms with Gasteiger partial charge < -0.3 is 16.0 Å².